The molecule has 1 aliphatic rings. The van der Waals surface area contributed by atoms with E-state index in [1.54, 1.807) is 42.5 Å². The molecule has 8 nitrogen and oxygen atoms in total. The van der Waals surface area contributed by atoms with E-state index in [0.29, 0.717) is 25.1 Å². The number of likely N-dealkylation sites (tertiary alicyclic amines) is 1. The second-order valence-corrected chi connectivity index (χ2v) is 7.32. The monoisotopic (exact) mass is 424 g/mol. The molecule has 0 radical (unpaired) electrons. The van der Waals surface area contributed by atoms with Crippen LogP contribution in [-0.2, 0) is 29.5 Å². The Bertz CT molecular complexity index is 989. The molecule has 8 heteroatoms. The molecule has 2 aromatic rings. The zero-order valence-electron chi connectivity index (χ0n) is 17.4. The summed E-state index contributed by atoms with van der Waals surface area (Å²) in [5.74, 6) is -2.58. The number of hydrogen-bond acceptors (Lipinski definition) is 6. The number of carbonyl (C=O) groups is 4. The minimum absolute atomic E-state index is 0.193. The lowest BCUT2D eigenvalue weighted by atomic mass is 9.90. The molecule has 0 spiro atoms. The van der Waals surface area contributed by atoms with Gasteiger partial charge in [-0.2, -0.15) is 0 Å². The molecule has 162 valence electrons. The average molecular weight is 424 g/mol. The molecule has 1 aliphatic heterocycles. The number of benzene rings is 2. The predicted octanol–water partition coefficient (Wildman–Crippen LogP) is 2.22. The van der Waals surface area contributed by atoms with E-state index in [1.807, 2.05) is 0 Å². The van der Waals surface area contributed by atoms with Gasteiger partial charge in [0.15, 0.2) is 0 Å². The third-order valence-electron chi connectivity index (χ3n) is 5.17. The van der Waals surface area contributed by atoms with Gasteiger partial charge < -0.3 is 20.1 Å². The molecule has 0 aliphatic carbocycles. The van der Waals surface area contributed by atoms with Gasteiger partial charge in [-0.25, -0.2) is 0 Å². The molecule has 0 unspecified atom stereocenters. The maximum atomic E-state index is 13.7. The topological polar surface area (TPSA) is 116 Å². The average Bonchev–Trinajstić information content (AvgIpc) is 3.21. The molecule has 2 atom stereocenters. The van der Waals surface area contributed by atoms with Gasteiger partial charge in [-0.1, -0.05) is 42.5 Å². The third kappa shape index (κ3) is 4.42. The van der Waals surface area contributed by atoms with Crippen molar-refractivity contribution in [2.45, 2.75) is 38.3 Å². The quantitative estimate of drug-likeness (QED) is 0.432. The summed E-state index contributed by atoms with van der Waals surface area (Å²) in [5, 5.41) is 0. The number of carbonyl (C=O) groups excluding carboxylic acids is 4. The maximum Gasteiger partial charge on any atom is 0.308 e. The molecule has 2 aromatic carbocycles. The normalized spacial score (nSPS) is 17.5. The smallest absolute Gasteiger partial charge is 0.308 e. The van der Waals surface area contributed by atoms with Crippen molar-refractivity contribution >= 4 is 23.8 Å². The fraction of sp³-hybridized carbons (Fsp3) is 0.304. The summed E-state index contributed by atoms with van der Waals surface area (Å²) in [7, 11) is 0. The second-order valence-electron chi connectivity index (χ2n) is 7.32. The highest BCUT2D eigenvalue weighted by Gasteiger charge is 2.53. The molecular weight excluding hydrogens is 400 g/mol. The van der Waals surface area contributed by atoms with Crippen LogP contribution in [0.2, 0.25) is 0 Å². The summed E-state index contributed by atoms with van der Waals surface area (Å²) in [5.41, 5.74) is 4.40. The molecule has 3 rings (SSSR count). The lowest BCUT2D eigenvalue weighted by Gasteiger charge is -2.35. The summed E-state index contributed by atoms with van der Waals surface area (Å²) in [6.07, 6.45) is 1.36. The first-order chi connectivity index (χ1) is 14.8. The van der Waals surface area contributed by atoms with Crippen molar-refractivity contribution in [1.29, 1.82) is 0 Å². The standard InChI is InChI=1S/C23H24N2O6/c1-15(26)30-19-12-10-17(11-13-19)20-9-6-14-25(20)22(29)23(21(24)28,31-16(2)27)18-7-4-3-5-8-18/h3-5,7-8,10-13,20H,6,9,14H2,1-2H3,(H2,24,28)/t20-,23-/m0/s1. The highest BCUT2D eigenvalue weighted by Crippen LogP contribution is 2.38. The Kier molecular flexibility index (Phi) is 6.39. The first-order valence-corrected chi connectivity index (χ1v) is 9.90. The molecule has 1 fully saturated rings. The Hall–Kier alpha value is -3.68. The molecular formula is C23H24N2O6. The SMILES string of the molecule is CC(=O)Oc1ccc([C@@H]2CCCN2C(=O)[C@@](OC(C)=O)(C(N)=O)c2ccccc2)cc1. The first kappa shape index (κ1) is 22.0. The van der Waals surface area contributed by atoms with Gasteiger partial charge in [-0.3, -0.25) is 19.2 Å². The zero-order chi connectivity index (χ0) is 22.6. The minimum atomic E-state index is -2.26. The van der Waals surface area contributed by atoms with Crippen molar-refractivity contribution in [3.05, 3.63) is 65.7 Å². The maximum absolute atomic E-state index is 13.7. The number of esters is 2. The Morgan fingerprint density at radius 1 is 0.968 bits per heavy atom. The minimum Gasteiger partial charge on any atom is -0.434 e. The van der Waals surface area contributed by atoms with Crippen LogP contribution in [0.4, 0.5) is 0 Å². The van der Waals surface area contributed by atoms with Crippen LogP contribution in [0.25, 0.3) is 0 Å². The van der Waals surface area contributed by atoms with Gasteiger partial charge >= 0.3 is 11.9 Å². The van der Waals surface area contributed by atoms with Crippen LogP contribution in [0.1, 0.15) is 43.9 Å². The number of nitrogens with zero attached hydrogens (tertiary/aromatic N) is 1. The first-order valence-electron chi connectivity index (χ1n) is 9.90. The summed E-state index contributed by atoms with van der Waals surface area (Å²) >= 11 is 0. The van der Waals surface area contributed by atoms with E-state index in [4.69, 9.17) is 15.2 Å². The number of amides is 2. The van der Waals surface area contributed by atoms with E-state index in [2.05, 4.69) is 0 Å². The van der Waals surface area contributed by atoms with E-state index < -0.39 is 29.4 Å². The van der Waals surface area contributed by atoms with Gasteiger partial charge in [-0.05, 0) is 30.5 Å². The molecule has 2 N–H and O–H groups in total. The Morgan fingerprint density at radius 3 is 2.16 bits per heavy atom. The van der Waals surface area contributed by atoms with Crippen molar-refractivity contribution in [3.63, 3.8) is 0 Å². The van der Waals surface area contributed by atoms with Crippen LogP contribution < -0.4 is 10.5 Å². The molecule has 0 bridgehead atoms. The van der Waals surface area contributed by atoms with Crippen molar-refractivity contribution in [2.24, 2.45) is 5.73 Å². The van der Waals surface area contributed by atoms with Gasteiger partial charge in [0.25, 0.3) is 17.4 Å². The lowest BCUT2D eigenvalue weighted by Crippen LogP contribution is -2.56. The largest absolute Gasteiger partial charge is 0.434 e. The van der Waals surface area contributed by atoms with E-state index in [-0.39, 0.29) is 11.6 Å². The van der Waals surface area contributed by atoms with Crippen molar-refractivity contribution in [2.75, 3.05) is 6.54 Å². The molecule has 0 aromatic heterocycles. The number of nitrogens with two attached hydrogens (primary N) is 1. The fourth-order valence-corrected chi connectivity index (χ4v) is 3.90. The number of rotatable bonds is 6. The van der Waals surface area contributed by atoms with Crippen molar-refractivity contribution in [3.8, 4) is 5.75 Å². The van der Waals surface area contributed by atoms with Crippen molar-refractivity contribution < 1.29 is 28.7 Å². The van der Waals surface area contributed by atoms with Crippen LogP contribution in [0.15, 0.2) is 54.6 Å². The van der Waals surface area contributed by atoms with E-state index >= 15 is 0 Å². The zero-order valence-corrected chi connectivity index (χ0v) is 17.4. The highest BCUT2D eigenvalue weighted by molar-refractivity contribution is 6.10. The van der Waals surface area contributed by atoms with E-state index in [9.17, 15) is 19.2 Å². The van der Waals surface area contributed by atoms with Crippen LogP contribution in [0, 0.1) is 0 Å². The Balaban J connectivity index is 1.99. The van der Waals surface area contributed by atoms with E-state index in [0.717, 1.165) is 12.5 Å². The highest BCUT2D eigenvalue weighted by atomic mass is 16.6. The molecule has 1 heterocycles. The van der Waals surface area contributed by atoms with Gasteiger partial charge in [-0.15, -0.1) is 0 Å². The van der Waals surface area contributed by atoms with E-state index in [1.165, 1.54) is 24.0 Å². The Labute approximate surface area is 179 Å². The lowest BCUT2D eigenvalue weighted by molar-refractivity contribution is -0.179. The number of ether oxygens (including phenoxy) is 2. The van der Waals surface area contributed by atoms with Gasteiger partial charge in [0.05, 0.1) is 6.04 Å². The van der Waals surface area contributed by atoms with Gasteiger partial charge in [0, 0.05) is 26.0 Å². The van der Waals surface area contributed by atoms with Crippen molar-refractivity contribution in [1.82, 2.24) is 4.90 Å². The van der Waals surface area contributed by atoms with Gasteiger partial charge in [0.1, 0.15) is 5.75 Å². The van der Waals surface area contributed by atoms with Crippen LogP contribution in [0.5, 0.6) is 5.75 Å². The third-order valence-corrected chi connectivity index (χ3v) is 5.17. The molecule has 31 heavy (non-hydrogen) atoms. The summed E-state index contributed by atoms with van der Waals surface area (Å²) < 4.78 is 10.4. The van der Waals surface area contributed by atoms with Gasteiger partial charge in [0.2, 0.25) is 0 Å². The fourth-order valence-electron chi connectivity index (χ4n) is 3.90. The number of hydrogen-bond donors (Lipinski definition) is 1. The summed E-state index contributed by atoms with van der Waals surface area (Å²) in [6.45, 7) is 2.81. The van der Waals surface area contributed by atoms with Crippen LogP contribution in [0.3, 0.4) is 0 Å². The molecule has 1 saturated heterocycles. The predicted molar refractivity (Wildman–Crippen MR) is 111 cm³/mol. The number of primary amides is 1. The second kappa shape index (κ2) is 8.99. The Morgan fingerprint density at radius 2 is 1.61 bits per heavy atom. The van der Waals surface area contributed by atoms with Crippen LogP contribution in [-0.4, -0.2) is 35.2 Å². The molecule has 0 saturated carbocycles. The summed E-state index contributed by atoms with van der Waals surface area (Å²) in [4.78, 5) is 50.9. The summed E-state index contributed by atoms with van der Waals surface area (Å²) in [6, 6.07) is 14.5. The molecule has 2 amide bonds. The van der Waals surface area contributed by atoms with Crippen LogP contribution >= 0.6 is 0 Å².